The van der Waals surface area contributed by atoms with E-state index in [1.165, 1.54) is 21.9 Å². The number of fused-ring (bicyclic) bond motifs is 1. The lowest BCUT2D eigenvalue weighted by molar-refractivity contribution is -0.671. The third-order valence-corrected chi connectivity index (χ3v) is 3.28. The van der Waals surface area contributed by atoms with Crippen molar-refractivity contribution in [2.24, 2.45) is 7.05 Å². The smallest absolute Gasteiger partial charge is 0.169 e. The number of hydrogen-bond acceptors (Lipinski definition) is 0. The van der Waals surface area contributed by atoms with Gasteiger partial charge in [-0.25, -0.2) is 4.57 Å². The van der Waals surface area contributed by atoms with E-state index in [0.717, 1.165) is 0 Å². The lowest BCUT2D eigenvalue weighted by Gasteiger charge is -2.01. The molecule has 0 fully saturated rings. The van der Waals surface area contributed by atoms with Crippen molar-refractivity contribution < 1.29 is 28.5 Å². The van der Waals surface area contributed by atoms with Crippen LogP contribution in [0.3, 0.4) is 0 Å². The van der Waals surface area contributed by atoms with Gasteiger partial charge in [0, 0.05) is 12.1 Å². The van der Waals surface area contributed by atoms with Crippen LogP contribution >= 0.6 is 0 Å². The molecule has 0 aliphatic carbocycles. The summed E-state index contributed by atoms with van der Waals surface area (Å²) in [6, 6.07) is 19.1. The molecule has 0 amide bonds. The van der Waals surface area contributed by atoms with Crippen LogP contribution < -0.4 is 28.5 Å². The highest BCUT2D eigenvalue weighted by atomic mass is 127. The predicted octanol–water partition coefficient (Wildman–Crippen LogP) is 0.839. The highest BCUT2D eigenvalue weighted by molar-refractivity contribution is 5.92. The quantitative estimate of drug-likeness (QED) is 0.463. The standard InChI is InChI=1S/C18H16N.HI/c1-19-13-11-15(12-14-19)9-10-17-7-4-6-16-5-2-3-8-18(16)17;/h2-14H,1H3;1H/q+1;/p-1/b10-9+;. The van der Waals surface area contributed by atoms with Gasteiger partial charge in [-0.15, -0.1) is 0 Å². The molecule has 2 aromatic carbocycles. The summed E-state index contributed by atoms with van der Waals surface area (Å²) in [7, 11) is 2.03. The van der Waals surface area contributed by atoms with Gasteiger partial charge in [0.25, 0.3) is 0 Å². The van der Waals surface area contributed by atoms with Gasteiger partial charge >= 0.3 is 0 Å². The second kappa shape index (κ2) is 6.66. The topological polar surface area (TPSA) is 3.88 Å². The maximum atomic E-state index is 2.18. The average Bonchev–Trinajstić information content (AvgIpc) is 2.47. The minimum Gasteiger partial charge on any atom is -1.00 e. The van der Waals surface area contributed by atoms with Crippen molar-refractivity contribution in [3.63, 3.8) is 0 Å². The molecule has 1 heterocycles. The zero-order chi connectivity index (χ0) is 13.1. The summed E-state index contributed by atoms with van der Waals surface area (Å²) in [6.07, 6.45) is 8.45. The van der Waals surface area contributed by atoms with E-state index in [9.17, 15) is 0 Å². The number of halogens is 1. The maximum Gasteiger partial charge on any atom is 0.169 e. The van der Waals surface area contributed by atoms with Crippen LogP contribution in [0.25, 0.3) is 22.9 Å². The molecular formula is C18H16IN. The Kier molecular flexibility index (Phi) is 4.90. The molecule has 0 saturated heterocycles. The van der Waals surface area contributed by atoms with Gasteiger partial charge in [0.05, 0.1) is 0 Å². The van der Waals surface area contributed by atoms with Gasteiger partial charge < -0.3 is 24.0 Å². The summed E-state index contributed by atoms with van der Waals surface area (Å²) < 4.78 is 2.04. The number of rotatable bonds is 2. The van der Waals surface area contributed by atoms with Gasteiger partial charge in [-0.2, -0.15) is 0 Å². The summed E-state index contributed by atoms with van der Waals surface area (Å²) in [5.74, 6) is 0. The van der Waals surface area contributed by atoms with Crippen molar-refractivity contribution in [1.82, 2.24) is 0 Å². The minimum absolute atomic E-state index is 0. The van der Waals surface area contributed by atoms with E-state index in [-0.39, 0.29) is 24.0 Å². The summed E-state index contributed by atoms with van der Waals surface area (Å²) in [4.78, 5) is 0. The zero-order valence-electron chi connectivity index (χ0n) is 11.3. The Balaban J connectivity index is 0.00000147. The van der Waals surface area contributed by atoms with E-state index >= 15 is 0 Å². The molecule has 0 spiro atoms. The fourth-order valence-electron chi connectivity index (χ4n) is 2.21. The third-order valence-electron chi connectivity index (χ3n) is 3.28. The Morgan fingerprint density at radius 1 is 0.800 bits per heavy atom. The van der Waals surface area contributed by atoms with Crippen molar-refractivity contribution >= 4 is 22.9 Å². The molecule has 2 heteroatoms. The van der Waals surface area contributed by atoms with Crippen molar-refractivity contribution in [1.29, 1.82) is 0 Å². The molecule has 0 bridgehead atoms. The maximum absolute atomic E-state index is 2.18. The number of aromatic nitrogens is 1. The highest BCUT2D eigenvalue weighted by Gasteiger charge is 1.97. The van der Waals surface area contributed by atoms with E-state index in [1.54, 1.807) is 0 Å². The van der Waals surface area contributed by atoms with Gasteiger partial charge in [0.15, 0.2) is 12.4 Å². The molecular weight excluding hydrogens is 357 g/mol. The monoisotopic (exact) mass is 373 g/mol. The molecule has 0 saturated carbocycles. The van der Waals surface area contributed by atoms with Crippen molar-refractivity contribution in [3.05, 3.63) is 78.1 Å². The Bertz CT molecular complexity index is 724. The van der Waals surface area contributed by atoms with E-state index in [4.69, 9.17) is 0 Å². The van der Waals surface area contributed by atoms with Crippen molar-refractivity contribution in [3.8, 4) is 0 Å². The number of benzene rings is 2. The molecule has 20 heavy (non-hydrogen) atoms. The molecule has 3 rings (SSSR count). The molecule has 0 atom stereocenters. The van der Waals surface area contributed by atoms with E-state index < -0.39 is 0 Å². The number of pyridine rings is 1. The third kappa shape index (κ3) is 3.25. The molecule has 1 nitrogen and oxygen atoms in total. The molecule has 0 aliphatic rings. The molecule has 0 radical (unpaired) electrons. The van der Waals surface area contributed by atoms with Crippen LogP contribution in [0.1, 0.15) is 11.1 Å². The minimum atomic E-state index is 0. The van der Waals surface area contributed by atoms with Crippen molar-refractivity contribution in [2.75, 3.05) is 0 Å². The molecule has 0 N–H and O–H groups in total. The Labute approximate surface area is 136 Å². The second-order valence-electron chi connectivity index (χ2n) is 4.70. The van der Waals surface area contributed by atoms with Crippen LogP contribution in [-0.4, -0.2) is 0 Å². The first kappa shape index (κ1) is 14.7. The van der Waals surface area contributed by atoms with Gasteiger partial charge in [0.2, 0.25) is 0 Å². The largest absolute Gasteiger partial charge is 1.00 e. The fraction of sp³-hybridized carbons (Fsp3) is 0.0556. The Hall–Kier alpha value is -1.68. The Morgan fingerprint density at radius 2 is 1.50 bits per heavy atom. The number of nitrogens with zero attached hydrogens (tertiary/aromatic N) is 1. The average molecular weight is 373 g/mol. The van der Waals surface area contributed by atoms with Gasteiger partial charge in [-0.3, -0.25) is 0 Å². The van der Waals surface area contributed by atoms with Gasteiger partial charge in [-0.05, 0) is 21.9 Å². The fourth-order valence-corrected chi connectivity index (χ4v) is 2.21. The first-order chi connectivity index (χ1) is 9.33. The van der Waals surface area contributed by atoms with Crippen LogP contribution in [0.2, 0.25) is 0 Å². The van der Waals surface area contributed by atoms with E-state index in [2.05, 4.69) is 79.1 Å². The van der Waals surface area contributed by atoms with E-state index in [1.807, 2.05) is 11.6 Å². The first-order valence-corrected chi connectivity index (χ1v) is 6.44. The summed E-state index contributed by atoms with van der Waals surface area (Å²) in [5, 5.41) is 2.58. The van der Waals surface area contributed by atoms with E-state index in [0.29, 0.717) is 0 Å². The molecule has 0 aliphatic heterocycles. The van der Waals surface area contributed by atoms with Crippen LogP contribution in [0.15, 0.2) is 67.0 Å². The summed E-state index contributed by atoms with van der Waals surface area (Å²) in [6.45, 7) is 0. The molecule has 1 aromatic heterocycles. The van der Waals surface area contributed by atoms with Crippen molar-refractivity contribution in [2.45, 2.75) is 0 Å². The molecule has 0 unspecified atom stereocenters. The SMILES string of the molecule is C[n+]1ccc(/C=C/c2cccc3ccccc23)cc1.[I-]. The lowest BCUT2D eigenvalue weighted by atomic mass is 10.0. The molecule has 100 valence electrons. The normalized spacial score (nSPS) is 10.7. The summed E-state index contributed by atoms with van der Waals surface area (Å²) in [5.41, 5.74) is 2.47. The highest BCUT2D eigenvalue weighted by Crippen LogP contribution is 2.20. The van der Waals surface area contributed by atoms with Crippen LogP contribution in [0, 0.1) is 0 Å². The molecule has 3 aromatic rings. The first-order valence-electron chi connectivity index (χ1n) is 6.44. The van der Waals surface area contributed by atoms with Crippen LogP contribution in [0.4, 0.5) is 0 Å². The van der Waals surface area contributed by atoms with Gasteiger partial charge in [0.1, 0.15) is 7.05 Å². The zero-order valence-corrected chi connectivity index (χ0v) is 13.5. The predicted molar refractivity (Wildman–Crippen MR) is 80.5 cm³/mol. The van der Waals surface area contributed by atoms with Crippen LogP contribution in [-0.2, 0) is 7.05 Å². The summed E-state index contributed by atoms with van der Waals surface area (Å²) >= 11 is 0. The number of aryl methyl sites for hydroxylation is 1. The Morgan fingerprint density at radius 3 is 2.30 bits per heavy atom. The number of hydrogen-bond donors (Lipinski definition) is 0. The van der Waals surface area contributed by atoms with Gasteiger partial charge in [-0.1, -0.05) is 54.6 Å². The lowest BCUT2D eigenvalue weighted by Crippen LogP contribution is -3.00. The second-order valence-corrected chi connectivity index (χ2v) is 4.70. The van der Waals surface area contributed by atoms with Crippen LogP contribution in [0.5, 0.6) is 0 Å².